The maximum absolute atomic E-state index is 12.0. The number of nitrogens with one attached hydrogen (secondary N) is 1. The van der Waals surface area contributed by atoms with E-state index in [2.05, 4.69) is 46.4 Å². The first-order valence-electron chi connectivity index (χ1n) is 8.03. The highest BCUT2D eigenvalue weighted by molar-refractivity contribution is 5.80. The van der Waals surface area contributed by atoms with E-state index in [4.69, 9.17) is 0 Å². The summed E-state index contributed by atoms with van der Waals surface area (Å²) >= 11 is 0. The lowest BCUT2D eigenvalue weighted by Crippen LogP contribution is -2.45. The molecule has 4 heteroatoms. The number of hydrogen-bond acceptors (Lipinski definition) is 3. The van der Waals surface area contributed by atoms with E-state index in [1.807, 2.05) is 0 Å². The second kappa shape index (κ2) is 6.48. The summed E-state index contributed by atoms with van der Waals surface area (Å²) in [4.78, 5) is 16.8. The Morgan fingerprint density at radius 3 is 2.71 bits per heavy atom. The molecule has 2 heterocycles. The molecule has 0 aromatic heterocycles. The standard InChI is InChI=1S/C17H25N3O/c1-19-9-11-20(12-10-19)16-7-3-2-5-14(16)13-15-6-4-8-18-17(15)21/h2-3,5,7,15H,4,6,8-13H2,1H3,(H,18,21). The number of nitrogens with zero attached hydrogens (tertiary/aromatic N) is 2. The monoisotopic (exact) mass is 287 g/mol. The molecule has 2 aliphatic rings. The minimum Gasteiger partial charge on any atom is -0.369 e. The largest absolute Gasteiger partial charge is 0.369 e. The first kappa shape index (κ1) is 14.4. The van der Waals surface area contributed by atoms with E-state index in [-0.39, 0.29) is 11.8 Å². The average molecular weight is 287 g/mol. The molecule has 0 bridgehead atoms. The van der Waals surface area contributed by atoms with Gasteiger partial charge in [-0.2, -0.15) is 0 Å². The molecule has 1 unspecified atom stereocenters. The van der Waals surface area contributed by atoms with Gasteiger partial charge in [-0.05, 0) is 37.9 Å². The van der Waals surface area contributed by atoms with Crippen molar-refractivity contribution >= 4 is 11.6 Å². The Kier molecular flexibility index (Phi) is 4.44. The number of carbonyl (C=O) groups excluding carboxylic acids is 1. The van der Waals surface area contributed by atoms with Crippen molar-refractivity contribution in [3.63, 3.8) is 0 Å². The topological polar surface area (TPSA) is 35.6 Å². The number of amides is 1. The highest BCUT2D eigenvalue weighted by Crippen LogP contribution is 2.26. The van der Waals surface area contributed by atoms with Crippen LogP contribution in [0.1, 0.15) is 18.4 Å². The van der Waals surface area contributed by atoms with Crippen LogP contribution in [-0.2, 0) is 11.2 Å². The highest BCUT2D eigenvalue weighted by atomic mass is 16.1. The van der Waals surface area contributed by atoms with Gasteiger partial charge in [0.2, 0.25) is 5.91 Å². The molecule has 114 valence electrons. The van der Waals surface area contributed by atoms with Crippen LogP contribution in [0.15, 0.2) is 24.3 Å². The smallest absolute Gasteiger partial charge is 0.223 e. The molecule has 0 spiro atoms. The number of piperazine rings is 1. The quantitative estimate of drug-likeness (QED) is 0.915. The maximum atomic E-state index is 12.0. The lowest BCUT2D eigenvalue weighted by Gasteiger charge is -2.35. The van der Waals surface area contributed by atoms with Crippen LogP contribution in [0.5, 0.6) is 0 Å². The minimum absolute atomic E-state index is 0.146. The van der Waals surface area contributed by atoms with Crippen molar-refractivity contribution < 1.29 is 4.79 Å². The van der Waals surface area contributed by atoms with E-state index >= 15 is 0 Å². The number of para-hydroxylation sites is 1. The minimum atomic E-state index is 0.146. The summed E-state index contributed by atoms with van der Waals surface area (Å²) in [5.41, 5.74) is 2.65. The summed E-state index contributed by atoms with van der Waals surface area (Å²) in [6.07, 6.45) is 2.99. The van der Waals surface area contributed by atoms with E-state index in [1.165, 1.54) is 11.3 Å². The molecule has 21 heavy (non-hydrogen) atoms. The van der Waals surface area contributed by atoms with Gasteiger partial charge in [0.1, 0.15) is 0 Å². The normalized spacial score (nSPS) is 24.0. The zero-order chi connectivity index (χ0) is 14.7. The Labute approximate surface area is 127 Å². The maximum Gasteiger partial charge on any atom is 0.223 e. The van der Waals surface area contributed by atoms with E-state index in [1.54, 1.807) is 0 Å². The summed E-state index contributed by atoms with van der Waals surface area (Å²) in [7, 11) is 2.18. The van der Waals surface area contributed by atoms with Gasteiger partial charge in [0.15, 0.2) is 0 Å². The van der Waals surface area contributed by atoms with Crippen molar-refractivity contribution in [1.29, 1.82) is 0 Å². The fourth-order valence-electron chi connectivity index (χ4n) is 3.33. The van der Waals surface area contributed by atoms with Gasteiger partial charge in [-0.25, -0.2) is 0 Å². The Balaban J connectivity index is 1.74. The van der Waals surface area contributed by atoms with Crippen molar-refractivity contribution in [3.05, 3.63) is 29.8 Å². The Morgan fingerprint density at radius 1 is 1.19 bits per heavy atom. The van der Waals surface area contributed by atoms with Crippen LogP contribution in [-0.4, -0.2) is 50.6 Å². The number of carbonyl (C=O) groups is 1. The molecule has 2 saturated heterocycles. The molecule has 1 aromatic rings. The number of piperidine rings is 1. The molecule has 2 fully saturated rings. The number of anilines is 1. The number of benzene rings is 1. The van der Waals surface area contributed by atoms with Gasteiger partial charge in [0.05, 0.1) is 0 Å². The third kappa shape index (κ3) is 3.38. The van der Waals surface area contributed by atoms with E-state index in [0.29, 0.717) is 0 Å². The molecule has 3 rings (SSSR count). The molecule has 0 radical (unpaired) electrons. The molecule has 4 nitrogen and oxygen atoms in total. The van der Waals surface area contributed by atoms with Crippen LogP contribution < -0.4 is 10.2 Å². The first-order chi connectivity index (χ1) is 10.2. The van der Waals surface area contributed by atoms with Crippen molar-refractivity contribution in [2.75, 3.05) is 44.7 Å². The Morgan fingerprint density at radius 2 is 1.95 bits per heavy atom. The summed E-state index contributed by atoms with van der Waals surface area (Å²) in [5, 5.41) is 3.00. The van der Waals surface area contributed by atoms with Gasteiger partial charge in [0, 0.05) is 44.3 Å². The SMILES string of the molecule is CN1CCN(c2ccccc2CC2CCCNC2=O)CC1. The van der Waals surface area contributed by atoms with Gasteiger partial charge >= 0.3 is 0 Å². The van der Waals surface area contributed by atoms with Gasteiger partial charge in [-0.1, -0.05) is 18.2 Å². The zero-order valence-corrected chi connectivity index (χ0v) is 12.8. The molecule has 0 aliphatic carbocycles. The third-order valence-electron chi connectivity index (χ3n) is 4.70. The van der Waals surface area contributed by atoms with Gasteiger partial charge < -0.3 is 15.1 Å². The molecule has 1 atom stereocenters. The third-order valence-corrected chi connectivity index (χ3v) is 4.70. The van der Waals surface area contributed by atoms with Crippen LogP contribution >= 0.6 is 0 Å². The summed E-state index contributed by atoms with van der Waals surface area (Å²) < 4.78 is 0. The first-order valence-corrected chi connectivity index (χ1v) is 8.03. The van der Waals surface area contributed by atoms with E-state index in [0.717, 1.165) is 52.0 Å². The van der Waals surface area contributed by atoms with E-state index < -0.39 is 0 Å². The molecule has 2 aliphatic heterocycles. The van der Waals surface area contributed by atoms with Crippen molar-refractivity contribution in [3.8, 4) is 0 Å². The Bertz CT molecular complexity index is 495. The number of rotatable bonds is 3. The molecular formula is C17H25N3O. The average Bonchev–Trinajstić information content (AvgIpc) is 2.51. The zero-order valence-electron chi connectivity index (χ0n) is 12.8. The highest BCUT2D eigenvalue weighted by Gasteiger charge is 2.24. The predicted octanol–water partition coefficient (Wildman–Crippen LogP) is 1.51. The van der Waals surface area contributed by atoms with Crippen molar-refractivity contribution in [2.24, 2.45) is 5.92 Å². The fourth-order valence-corrected chi connectivity index (χ4v) is 3.33. The van der Waals surface area contributed by atoms with Crippen LogP contribution in [0, 0.1) is 5.92 Å². The molecule has 1 N–H and O–H groups in total. The van der Waals surface area contributed by atoms with E-state index in [9.17, 15) is 4.79 Å². The van der Waals surface area contributed by atoms with Gasteiger partial charge in [-0.3, -0.25) is 4.79 Å². The molecule has 0 saturated carbocycles. The van der Waals surface area contributed by atoms with Crippen LogP contribution in [0.25, 0.3) is 0 Å². The molecule has 1 amide bonds. The van der Waals surface area contributed by atoms with Crippen molar-refractivity contribution in [2.45, 2.75) is 19.3 Å². The summed E-state index contributed by atoms with van der Waals surface area (Å²) in [5.74, 6) is 0.377. The van der Waals surface area contributed by atoms with Crippen LogP contribution in [0.3, 0.4) is 0 Å². The lowest BCUT2D eigenvalue weighted by atomic mass is 9.90. The lowest BCUT2D eigenvalue weighted by molar-refractivity contribution is -0.126. The van der Waals surface area contributed by atoms with Crippen molar-refractivity contribution in [1.82, 2.24) is 10.2 Å². The number of hydrogen-bond donors (Lipinski definition) is 1. The summed E-state index contributed by atoms with van der Waals surface area (Å²) in [6.45, 7) is 5.21. The fraction of sp³-hybridized carbons (Fsp3) is 0.588. The van der Waals surface area contributed by atoms with Gasteiger partial charge in [0.25, 0.3) is 0 Å². The predicted molar refractivity (Wildman–Crippen MR) is 85.6 cm³/mol. The molecular weight excluding hydrogens is 262 g/mol. The second-order valence-electron chi connectivity index (χ2n) is 6.25. The van der Waals surface area contributed by atoms with Gasteiger partial charge in [-0.15, -0.1) is 0 Å². The summed E-state index contributed by atoms with van der Waals surface area (Å²) in [6, 6.07) is 8.60. The van der Waals surface area contributed by atoms with Crippen LogP contribution in [0.4, 0.5) is 5.69 Å². The van der Waals surface area contributed by atoms with Crippen LogP contribution in [0.2, 0.25) is 0 Å². The molecule has 1 aromatic carbocycles. The number of likely N-dealkylation sites (N-methyl/N-ethyl adjacent to an activating group) is 1. The Hall–Kier alpha value is -1.55. The second-order valence-corrected chi connectivity index (χ2v) is 6.25.